The molecule has 1 aliphatic heterocycles. The number of hydrogen-bond acceptors (Lipinski definition) is 6. The Morgan fingerprint density at radius 3 is 2.58 bits per heavy atom. The largest absolute Gasteiger partial charge is 0.507 e. The van der Waals surface area contributed by atoms with Crippen LogP contribution in [0.15, 0.2) is 42.5 Å². The van der Waals surface area contributed by atoms with Crippen LogP contribution < -0.4 is 9.47 Å². The van der Waals surface area contributed by atoms with Gasteiger partial charge in [0.1, 0.15) is 17.1 Å². The number of phenolic OH excluding ortho intramolecular Hbond substituents is 1. The van der Waals surface area contributed by atoms with Crippen molar-refractivity contribution in [2.45, 2.75) is 46.3 Å². The first-order valence-corrected chi connectivity index (χ1v) is 12.4. The molecule has 0 saturated carbocycles. The Morgan fingerprint density at radius 2 is 1.89 bits per heavy atom. The van der Waals surface area contributed by atoms with Gasteiger partial charge in [-0.1, -0.05) is 32.0 Å². The summed E-state index contributed by atoms with van der Waals surface area (Å²) in [6.07, 6.45) is 0.818. The van der Waals surface area contributed by atoms with E-state index in [9.17, 15) is 9.90 Å². The molecule has 8 nitrogen and oxygen atoms in total. The maximum atomic E-state index is 13.5. The topological polar surface area (TPSA) is 96.9 Å². The van der Waals surface area contributed by atoms with E-state index in [2.05, 4.69) is 24.0 Å². The number of ether oxygens (including phenoxy) is 3. The predicted molar refractivity (Wildman–Crippen MR) is 138 cm³/mol. The SMILES string of the molecule is COc1cc([C@@H]2c3c(-c4ccccc4O)n[nH]c3C(=O)N2CCCOC(C)C)ccc1OCC(C)C. The molecular formula is C28H35N3O5. The average Bonchev–Trinajstić information content (AvgIpc) is 3.39. The number of nitrogens with one attached hydrogen (secondary N) is 1. The molecule has 3 aromatic rings. The van der Waals surface area contributed by atoms with Gasteiger partial charge in [0, 0.05) is 24.3 Å². The number of rotatable bonds is 11. The van der Waals surface area contributed by atoms with Gasteiger partial charge in [0.15, 0.2) is 11.5 Å². The van der Waals surface area contributed by atoms with Crippen LogP contribution in [0.5, 0.6) is 17.2 Å². The van der Waals surface area contributed by atoms with Crippen molar-refractivity contribution >= 4 is 5.91 Å². The maximum absolute atomic E-state index is 13.5. The van der Waals surface area contributed by atoms with E-state index >= 15 is 0 Å². The number of aromatic nitrogens is 2. The number of aromatic hydroxyl groups is 1. The lowest BCUT2D eigenvalue weighted by atomic mass is 9.95. The van der Waals surface area contributed by atoms with Gasteiger partial charge in [-0.15, -0.1) is 0 Å². The van der Waals surface area contributed by atoms with Crippen LogP contribution in [0.3, 0.4) is 0 Å². The third-order valence-electron chi connectivity index (χ3n) is 6.09. The van der Waals surface area contributed by atoms with Gasteiger partial charge >= 0.3 is 0 Å². The van der Waals surface area contributed by atoms with Crippen molar-refractivity contribution in [3.63, 3.8) is 0 Å². The molecule has 36 heavy (non-hydrogen) atoms. The van der Waals surface area contributed by atoms with Crippen molar-refractivity contribution in [1.82, 2.24) is 15.1 Å². The monoisotopic (exact) mass is 493 g/mol. The zero-order valence-electron chi connectivity index (χ0n) is 21.6. The summed E-state index contributed by atoms with van der Waals surface area (Å²) >= 11 is 0. The van der Waals surface area contributed by atoms with E-state index in [0.717, 1.165) is 11.1 Å². The second-order valence-corrected chi connectivity index (χ2v) is 9.67. The third-order valence-corrected chi connectivity index (χ3v) is 6.09. The van der Waals surface area contributed by atoms with Crippen LogP contribution in [-0.4, -0.2) is 59.1 Å². The zero-order chi connectivity index (χ0) is 25.8. The molecule has 0 fully saturated rings. The van der Waals surface area contributed by atoms with Crippen molar-refractivity contribution in [2.24, 2.45) is 5.92 Å². The second-order valence-electron chi connectivity index (χ2n) is 9.67. The van der Waals surface area contributed by atoms with Crippen molar-refractivity contribution in [3.05, 3.63) is 59.3 Å². The number of amides is 1. The molecule has 1 aliphatic rings. The predicted octanol–water partition coefficient (Wildman–Crippen LogP) is 5.19. The van der Waals surface area contributed by atoms with Gasteiger partial charge in [0.25, 0.3) is 5.91 Å². The van der Waals surface area contributed by atoms with Crippen molar-refractivity contribution in [1.29, 1.82) is 0 Å². The second kappa shape index (κ2) is 11.0. The van der Waals surface area contributed by atoms with Crippen molar-refractivity contribution in [2.75, 3.05) is 26.9 Å². The smallest absolute Gasteiger partial charge is 0.273 e. The first-order chi connectivity index (χ1) is 17.3. The van der Waals surface area contributed by atoms with E-state index in [4.69, 9.17) is 14.2 Å². The van der Waals surface area contributed by atoms with E-state index < -0.39 is 6.04 Å². The van der Waals surface area contributed by atoms with E-state index in [1.54, 1.807) is 25.3 Å². The summed E-state index contributed by atoms with van der Waals surface area (Å²) in [5, 5.41) is 17.9. The van der Waals surface area contributed by atoms with Crippen LogP contribution in [-0.2, 0) is 4.74 Å². The standard InChI is InChI=1S/C28H35N3O5/c1-17(2)16-36-22-12-11-19(15-23(22)34-5)27-24-25(20-9-6-7-10-21(20)32)29-30-26(24)28(33)31(27)13-8-14-35-18(3)4/h6-7,9-12,15,17-18,27,32H,8,13-14,16H2,1-5H3,(H,29,30)/t27-/m1/s1. The summed E-state index contributed by atoms with van der Waals surface area (Å²) in [6.45, 7) is 9.80. The zero-order valence-corrected chi connectivity index (χ0v) is 21.6. The summed E-state index contributed by atoms with van der Waals surface area (Å²) in [5.74, 6) is 1.61. The van der Waals surface area contributed by atoms with Gasteiger partial charge in [-0.2, -0.15) is 5.10 Å². The average molecular weight is 494 g/mol. The van der Waals surface area contributed by atoms with Crippen LogP contribution in [0, 0.1) is 5.92 Å². The number of benzene rings is 2. The van der Waals surface area contributed by atoms with Crippen molar-refractivity contribution < 1.29 is 24.1 Å². The molecule has 0 saturated heterocycles. The van der Waals surface area contributed by atoms with Crippen LogP contribution >= 0.6 is 0 Å². The van der Waals surface area contributed by atoms with Crippen molar-refractivity contribution in [3.8, 4) is 28.5 Å². The van der Waals surface area contributed by atoms with E-state index in [-0.39, 0.29) is 17.8 Å². The lowest BCUT2D eigenvalue weighted by Crippen LogP contribution is -2.31. The summed E-state index contributed by atoms with van der Waals surface area (Å²) in [6, 6.07) is 12.4. The Hall–Kier alpha value is -3.52. The summed E-state index contributed by atoms with van der Waals surface area (Å²) in [4.78, 5) is 15.4. The van der Waals surface area contributed by atoms with Crippen LogP contribution in [0.2, 0.25) is 0 Å². The first kappa shape index (κ1) is 25.6. The minimum atomic E-state index is -0.409. The van der Waals surface area contributed by atoms with Gasteiger partial charge in [-0.3, -0.25) is 9.89 Å². The number of carbonyl (C=O) groups excluding carboxylic acids is 1. The van der Waals surface area contributed by atoms with E-state index in [0.29, 0.717) is 60.5 Å². The van der Waals surface area contributed by atoms with Gasteiger partial charge in [0.2, 0.25) is 0 Å². The molecule has 0 spiro atoms. The molecule has 0 aliphatic carbocycles. The fraction of sp³-hybridized carbons (Fsp3) is 0.429. The fourth-order valence-corrected chi connectivity index (χ4v) is 4.44. The number of nitrogens with zero attached hydrogens (tertiary/aromatic N) is 2. The Balaban J connectivity index is 1.75. The van der Waals surface area contributed by atoms with Gasteiger partial charge in [-0.25, -0.2) is 0 Å². The minimum absolute atomic E-state index is 0.108. The van der Waals surface area contributed by atoms with Gasteiger partial charge < -0.3 is 24.2 Å². The molecule has 2 heterocycles. The Labute approximate surface area is 212 Å². The molecular weight excluding hydrogens is 458 g/mol. The molecule has 1 atom stereocenters. The first-order valence-electron chi connectivity index (χ1n) is 12.4. The highest BCUT2D eigenvalue weighted by molar-refractivity contribution is 6.00. The molecule has 1 aromatic heterocycles. The van der Waals surface area contributed by atoms with Gasteiger partial charge in [-0.05, 0) is 56.0 Å². The number of H-pyrrole nitrogens is 1. The van der Waals surface area contributed by atoms with Crippen LogP contribution in [0.25, 0.3) is 11.3 Å². The summed E-state index contributed by atoms with van der Waals surface area (Å²) < 4.78 is 17.3. The lowest BCUT2D eigenvalue weighted by molar-refractivity contribution is 0.0601. The summed E-state index contributed by atoms with van der Waals surface area (Å²) in [7, 11) is 1.61. The molecule has 2 aromatic carbocycles. The number of fused-ring (bicyclic) bond motifs is 1. The molecule has 0 radical (unpaired) electrons. The molecule has 192 valence electrons. The molecule has 8 heteroatoms. The Kier molecular flexibility index (Phi) is 7.84. The minimum Gasteiger partial charge on any atom is -0.507 e. The number of carbonyl (C=O) groups is 1. The van der Waals surface area contributed by atoms with Gasteiger partial charge in [0.05, 0.1) is 25.9 Å². The maximum Gasteiger partial charge on any atom is 0.273 e. The van der Waals surface area contributed by atoms with Crippen LogP contribution in [0.4, 0.5) is 0 Å². The number of hydrogen-bond donors (Lipinski definition) is 2. The third kappa shape index (κ3) is 5.18. The Bertz CT molecular complexity index is 1200. The number of aromatic amines is 1. The number of para-hydroxylation sites is 1. The molecule has 0 bridgehead atoms. The summed E-state index contributed by atoms with van der Waals surface area (Å²) in [5.41, 5.74) is 3.17. The quantitative estimate of drug-likeness (QED) is 0.357. The highest BCUT2D eigenvalue weighted by Crippen LogP contribution is 2.45. The molecule has 0 unspecified atom stereocenters. The van der Waals surface area contributed by atoms with E-state index in [1.807, 2.05) is 43.0 Å². The molecule has 1 amide bonds. The van der Waals surface area contributed by atoms with E-state index in [1.165, 1.54) is 0 Å². The lowest BCUT2D eigenvalue weighted by Gasteiger charge is -2.27. The fourth-order valence-electron chi connectivity index (χ4n) is 4.44. The number of methoxy groups -OCH3 is 1. The highest BCUT2D eigenvalue weighted by Gasteiger charge is 2.42. The van der Waals surface area contributed by atoms with Crippen LogP contribution in [0.1, 0.15) is 61.8 Å². The normalized spacial score (nSPS) is 15.1. The highest BCUT2D eigenvalue weighted by atomic mass is 16.5. The Morgan fingerprint density at radius 1 is 1.11 bits per heavy atom. The molecule has 4 rings (SSSR count). The molecule has 2 N–H and O–H groups in total. The number of phenols is 1.